The van der Waals surface area contributed by atoms with Gasteiger partial charge in [0.2, 0.25) is 0 Å². The molecule has 0 saturated heterocycles. The minimum absolute atomic E-state index is 0.394. The lowest BCUT2D eigenvalue weighted by Crippen LogP contribution is -2.26. The summed E-state index contributed by atoms with van der Waals surface area (Å²) in [5, 5.41) is 0. The van der Waals surface area contributed by atoms with Crippen LogP contribution in [0.3, 0.4) is 0 Å². The predicted molar refractivity (Wildman–Crippen MR) is 57.2 cm³/mol. The molecule has 14 heavy (non-hydrogen) atoms. The van der Waals surface area contributed by atoms with Gasteiger partial charge in [-0.1, -0.05) is 13.3 Å². The van der Waals surface area contributed by atoms with E-state index in [9.17, 15) is 0 Å². The van der Waals surface area contributed by atoms with Gasteiger partial charge in [-0.3, -0.25) is 0 Å². The standard InChI is InChI=1S/C11H23NO2/c1-2-6-13-7-8-14-11-5-3-4-10(11)9-12/h10-11H,2-9,12H2,1H3. The Morgan fingerprint density at radius 3 is 2.79 bits per heavy atom. The molecular weight excluding hydrogens is 178 g/mol. The van der Waals surface area contributed by atoms with Crippen LogP contribution in [-0.2, 0) is 9.47 Å². The zero-order chi connectivity index (χ0) is 10.2. The lowest BCUT2D eigenvalue weighted by molar-refractivity contribution is -0.00933. The fourth-order valence-corrected chi connectivity index (χ4v) is 2.00. The smallest absolute Gasteiger partial charge is 0.0704 e. The van der Waals surface area contributed by atoms with Crippen molar-refractivity contribution in [3.05, 3.63) is 0 Å². The molecule has 0 aliphatic heterocycles. The fraction of sp³-hybridized carbons (Fsp3) is 1.00. The lowest BCUT2D eigenvalue weighted by atomic mass is 10.1. The van der Waals surface area contributed by atoms with Crippen molar-refractivity contribution in [2.45, 2.75) is 38.7 Å². The Hall–Kier alpha value is -0.120. The van der Waals surface area contributed by atoms with Crippen LogP contribution in [0, 0.1) is 5.92 Å². The third kappa shape index (κ3) is 3.95. The summed E-state index contributed by atoms with van der Waals surface area (Å²) in [5.74, 6) is 0.584. The van der Waals surface area contributed by atoms with Gasteiger partial charge in [0.25, 0.3) is 0 Å². The fourth-order valence-electron chi connectivity index (χ4n) is 2.00. The highest BCUT2D eigenvalue weighted by molar-refractivity contribution is 4.78. The molecule has 0 aromatic rings. The van der Waals surface area contributed by atoms with E-state index in [-0.39, 0.29) is 0 Å². The summed E-state index contributed by atoms with van der Waals surface area (Å²) in [6.45, 7) is 5.17. The van der Waals surface area contributed by atoms with E-state index in [0.29, 0.717) is 12.0 Å². The molecule has 2 N–H and O–H groups in total. The number of rotatable bonds is 7. The summed E-state index contributed by atoms with van der Waals surface area (Å²) in [5.41, 5.74) is 5.66. The molecule has 2 atom stereocenters. The van der Waals surface area contributed by atoms with E-state index in [4.69, 9.17) is 15.2 Å². The highest BCUT2D eigenvalue weighted by atomic mass is 16.5. The topological polar surface area (TPSA) is 44.5 Å². The van der Waals surface area contributed by atoms with Gasteiger partial charge >= 0.3 is 0 Å². The monoisotopic (exact) mass is 201 g/mol. The minimum atomic E-state index is 0.394. The maximum absolute atomic E-state index is 5.75. The van der Waals surface area contributed by atoms with Crippen molar-refractivity contribution in [2.24, 2.45) is 11.7 Å². The Morgan fingerprint density at radius 2 is 2.07 bits per heavy atom. The first-order chi connectivity index (χ1) is 6.88. The van der Waals surface area contributed by atoms with Crippen LogP contribution in [0.1, 0.15) is 32.6 Å². The van der Waals surface area contributed by atoms with E-state index in [2.05, 4.69) is 6.92 Å². The molecule has 0 spiro atoms. The van der Waals surface area contributed by atoms with Gasteiger partial charge in [0, 0.05) is 6.61 Å². The van der Waals surface area contributed by atoms with Gasteiger partial charge < -0.3 is 15.2 Å². The van der Waals surface area contributed by atoms with Gasteiger partial charge in [-0.15, -0.1) is 0 Å². The molecule has 1 aliphatic carbocycles. The molecule has 1 aliphatic rings. The van der Waals surface area contributed by atoms with Crippen molar-refractivity contribution in [1.82, 2.24) is 0 Å². The lowest BCUT2D eigenvalue weighted by Gasteiger charge is -2.18. The molecular formula is C11H23NO2. The molecule has 84 valence electrons. The molecule has 2 unspecified atom stereocenters. The number of nitrogens with two attached hydrogens (primary N) is 1. The zero-order valence-corrected chi connectivity index (χ0v) is 9.21. The van der Waals surface area contributed by atoms with E-state index >= 15 is 0 Å². The summed E-state index contributed by atoms with van der Waals surface area (Å²) >= 11 is 0. The van der Waals surface area contributed by atoms with Crippen LogP contribution >= 0.6 is 0 Å². The van der Waals surface area contributed by atoms with E-state index in [0.717, 1.165) is 32.8 Å². The second kappa shape index (κ2) is 7.21. The Labute approximate surface area is 86.9 Å². The van der Waals surface area contributed by atoms with E-state index in [1.54, 1.807) is 0 Å². The molecule has 3 nitrogen and oxygen atoms in total. The second-order valence-corrected chi connectivity index (χ2v) is 3.95. The molecule has 0 aromatic heterocycles. The van der Waals surface area contributed by atoms with E-state index < -0.39 is 0 Å². The van der Waals surface area contributed by atoms with Crippen LogP contribution < -0.4 is 5.73 Å². The molecule has 1 rings (SSSR count). The molecule has 0 bridgehead atoms. The first-order valence-corrected chi connectivity index (χ1v) is 5.78. The van der Waals surface area contributed by atoms with E-state index in [1.165, 1.54) is 19.3 Å². The Morgan fingerprint density at radius 1 is 1.21 bits per heavy atom. The van der Waals surface area contributed by atoms with Crippen molar-refractivity contribution in [3.63, 3.8) is 0 Å². The van der Waals surface area contributed by atoms with Gasteiger partial charge in [-0.25, -0.2) is 0 Å². The average Bonchev–Trinajstić information content (AvgIpc) is 2.65. The average molecular weight is 201 g/mol. The van der Waals surface area contributed by atoms with Gasteiger partial charge in [-0.2, -0.15) is 0 Å². The maximum atomic E-state index is 5.75. The van der Waals surface area contributed by atoms with Crippen molar-refractivity contribution < 1.29 is 9.47 Å². The molecule has 0 aromatic carbocycles. The Kier molecular flexibility index (Phi) is 6.15. The van der Waals surface area contributed by atoms with Crippen molar-refractivity contribution in [2.75, 3.05) is 26.4 Å². The zero-order valence-electron chi connectivity index (χ0n) is 9.21. The predicted octanol–water partition coefficient (Wildman–Crippen LogP) is 1.56. The van der Waals surface area contributed by atoms with Gasteiger partial charge in [0.15, 0.2) is 0 Å². The molecule has 1 fully saturated rings. The highest BCUT2D eigenvalue weighted by Gasteiger charge is 2.26. The summed E-state index contributed by atoms with van der Waals surface area (Å²) in [7, 11) is 0. The quantitative estimate of drug-likeness (QED) is 0.636. The van der Waals surface area contributed by atoms with Gasteiger partial charge in [-0.05, 0) is 31.7 Å². The summed E-state index contributed by atoms with van der Waals surface area (Å²) in [6.07, 6.45) is 5.15. The van der Waals surface area contributed by atoms with E-state index in [1.807, 2.05) is 0 Å². The van der Waals surface area contributed by atoms with Crippen molar-refractivity contribution in [3.8, 4) is 0 Å². The van der Waals surface area contributed by atoms with Gasteiger partial charge in [0.05, 0.1) is 19.3 Å². The largest absolute Gasteiger partial charge is 0.379 e. The van der Waals surface area contributed by atoms with Crippen molar-refractivity contribution >= 4 is 0 Å². The first kappa shape index (κ1) is 12.0. The van der Waals surface area contributed by atoms with Crippen LogP contribution in [0.15, 0.2) is 0 Å². The normalized spacial score (nSPS) is 27.0. The third-order valence-electron chi connectivity index (χ3n) is 2.80. The van der Waals surface area contributed by atoms with Crippen LogP contribution in [0.4, 0.5) is 0 Å². The molecule has 0 heterocycles. The van der Waals surface area contributed by atoms with Crippen LogP contribution in [-0.4, -0.2) is 32.5 Å². The van der Waals surface area contributed by atoms with Crippen LogP contribution in [0.2, 0.25) is 0 Å². The number of ether oxygens (including phenoxy) is 2. The maximum Gasteiger partial charge on any atom is 0.0704 e. The summed E-state index contributed by atoms with van der Waals surface area (Å²) in [6, 6.07) is 0. The van der Waals surface area contributed by atoms with Crippen LogP contribution in [0.25, 0.3) is 0 Å². The Balaban J connectivity index is 2.00. The SMILES string of the molecule is CCCOCCOC1CCCC1CN. The molecule has 0 amide bonds. The molecule has 1 saturated carbocycles. The number of hydrogen-bond donors (Lipinski definition) is 1. The van der Waals surface area contributed by atoms with Crippen molar-refractivity contribution in [1.29, 1.82) is 0 Å². The van der Waals surface area contributed by atoms with Crippen LogP contribution in [0.5, 0.6) is 0 Å². The first-order valence-electron chi connectivity index (χ1n) is 5.78. The number of hydrogen-bond acceptors (Lipinski definition) is 3. The highest BCUT2D eigenvalue weighted by Crippen LogP contribution is 2.27. The van der Waals surface area contributed by atoms with Gasteiger partial charge in [0.1, 0.15) is 0 Å². The Bertz CT molecular complexity index is 141. The second-order valence-electron chi connectivity index (χ2n) is 3.95. The minimum Gasteiger partial charge on any atom is -0.379 e. The summed E-state index contributed by atoms with van der Waals surface area (Å²) in [4.78, 5) is 0. The third-order valence-corrected chi connectivity index (χ3v) is 2.80. The molecule has 3 heteroatoms. The molecule has 0 radical (unpaired) electrons. The summed E-state index contributed by atoms with van der Waals surface area (Å²) < 4.78 is 11.1.